The first-order chi connectivity index (χ1) is 8.25. The summed E-state index contributed by atoms with van der Waals surface area (Å²) in [7, 11) is 0. The summed E-state index contributed by atoms with van der Waals surface area (Å²) >= 11 is 6.04. The lowest BCUT2D eigenvalue weighted by Crippen LogP contribution is -1.81. The third-order valence-corrected chi connectivity index (χ3v) is 2.93. The van der Waals surface area contributed by atoms with Crippen molar-refractivity contribution >= 4 is 22.8 Å². The molecular weight excluding hydrogens is 236 g/mol. The van der Waals surface area contributed by atoms with Crippen LogP contribution in [0, 0.1) is 6.92 Å². The zero-order valence-corrected chi connectivity index (χ0v) is 9.90. The fourth-order valence-corrected chi connectivity index (χ4v) is 1.91. The van der Waals surface area contributed by atoms with Crippen LogP contribution >= 0.6 is 11.6 Å². The first-order valence-corrected chi connectivity index (χ1v) is 5.60. The highest BCUT2D eigenvalue weighted by Gasteiger charge is 2.12. The Morgan fingerprint density at radius 3 is 2.76 bits per heavy atom. The number of aryl methyl sites for hydroxylation is 1. The Labute approximate surface area is 103 Å². The third-order valence-electron chi connectivity index (χ3n) is 2.62. The highest BCUT2D eigenvalue weighted by Crippen LogP contribution is 2.28. The number of pyridine rings is 1. The Bertz CT molecular complexity index is 691. The summed E-state index contributed by atoms with van der Waals surface area (Å²) in [6.45, 7) is 2.01. The van der Waals surface area contributed by atoms with E-state index in [1.807, 2.05) is 31.2 Å². The number of benzene rings is 1. The highest BCUT2D eigenvalue weighted by molar-refractivity contribution is 6.34. The first-order valence-electron chi connectivity index (χ1n) is 5.23. The van der Waals surface area contributed by atoms with Crippen molar-refractivity contribution in [1.82, 2.24) is 9.97 Å². The van der Waals surface area contributed by atoms with Crippen molar-refractivity contribution in [3.8, 4) is 11.5 Å². The Kier molecular flexibility index (Phi) is 2.34. The van der Waals surface area contributed by atoms with E-state index in [0.29, 0.717) is 22.1 Å². The van der Waals surface area contributed by atoms with Gasteiger partial charge in [-0.1, -0.05) is 29.8 Å². The lowest BCUT2D eigenvalue weighted by atomic mass is 10.1. The summed E-state index contributed by atoms with van der Waals surface area (Å²) in [5.41, 5.74) is 3.14. The van der Waals surface area contributed by atoms with Crippen LogP contribution in [0.25, 0.3) is 22.7 Å². The smallest absolute Gasteiger partial charge is 0.248 e. The van der Waals surface area contributed by atoms with Crippen LogP contribution in [-0.2, 0) is 0 Å². The maximum absolute atomic E-state index is 6.04. The van der Waals surface area contributed by atoms with Gasteiger partial charge in [0, 0.05) is 11.8 Å². The van der Waals surface area contributed by atoms with Crippen molar-refractivity contribution in [1.29, 1.82) is 0 Å². The number of hydrogen-bond donors (Lipinski definition) is 0. The SMILES string of the molecule is Cc1ccccc1-c1nc2c(Cl)ccnc2o1. The molecule has 17 heavy (non-hydrogen) atoms. The number of rotatable bonds is 1. The second kappa shape index (κ2) is 3.86. The minimum absolute atomic E-state index is 0.468. The maximum atomic E-state index is 6.04. The van der Waals surface area contributed by atoms with Gasteiger partial charge in [-0.3, -0.25) is 0 Å². The Balaban J connectivity index is 2.26. The van der Waals surface area contributed by atoms with E-state index >= 15 is 0 Å². The second-order valence-corrected chi connectivity index (χ2v) is 4.19. The Hall–Kier alpha value is -1.87. The Morgan fingerprint density at radius 1 is 1.18 bits per heavy atom. The Morgan fingerprint density at radius 2 is 2.00 bits per heavy atom. The van der Waals surface area contributed by atoms with E-state index in [2.05, 4.69) is 9.97 Å². The zero-order chi connectivity index (χ0) is 11.8. The molecule has 0 bridgehead atoms. The van der Waals surface area contributed by atoms with Gasteiger partial charge in [0.25, 0.3) is 0 Å². The molecule has 3 aromatic rings. The number of oxazole rings is 1. The lowest BCUT2D eigenvalue weighted by Gasteiger charge is -1.98. The molecule has 0 unspecified atom stereocenters. The number of nitrogens with zero attached hydrogens (tertiary/aromatic N) is 2. The van der Waals surface area contributed by atoms with Crippen LogP contribution in [0.3, 0.4) is 0 Å². The molecular formula is C13H9ClN2O. The van der Waals surface area contributed by atoms with Gasteiger partial charge in [-0.25, -0.2) is 9.97 Å². The molecule has 0 atom stereocenters. The van der Waals surface area contributed by atoms with E-state index in [1.165, 1.54) is 0 Å². The third kappa shape index (κ3) is 1.68. The average molecular weight is 245 g/mol. The number of fused-ring (bicyclic) bond motifs is 1. The van der Waals surface area contributed by atoms with Crippen LogP contribution in [0.15, 0.2) is 40.9 Å². The summed E-state index contributed by atoms with van der Waals surface area (Å²) in [6, 6.07) is 9.61. The molecule has 0 spiro atoms. The number of aromatic nitrogens is 2. The van der Waals surface area contributed by atoms with E-state index in [0.717, 1.165) is 11.1 Å². The summed E-state index contributed by atoms with van der Waals surface area (Å²) in [6.07, 6.45) is 1.61. The molecule has 0 fully saturated rings. The van der Waals surface area contributed by atoms with Gasteiger partial charge < -0.3 is 4.42 Å². The molecule has 0 aliphatic rings. The average Bonchev–Trinajstić information content (AvgIpc) is 2.75. The standard InChI is InChI=1S/C13H9ClN2O/c1-8-4-2-3-5-9(8)12-16-11-10(14)6-7-15-13(11)17-12/h2-7H,1H3. The fourth-order valence-electron chi connectivity index (χ4n) is 1.73. The fraction of sp³-hybridized carbons (Fsp3) is 0.0769. The number of halogens is 1. The van der Waals surface area contributed by atoms with Gasteiger partial charge in [0.1, 0.15) is 5.52 Å². The van der Waals surface area contributed by atoms with Crippen LogP contribution < -0.4 is 0 Å². The molecule has 4 heteroatoms. The normalized spacial score (nSPS) is 10.9. The predicted molar refractivity (Wildman–Crippen MR) is 67.0 cm³/mol. The predicted octanol–water partition coefficient (Wildman–Crippen LogP) is 3.85. The molecule has 3 nitrogen and oxygen atoms in total. The summed E-state index contributed by atoms with van der Waals surface area (Å²) in [5, 5.41) is 0.554. The van der Waals surface area contributed by atoms with Crippen molar-refractivity contribution in [3.63, 3.8) is 0 Å². The van der Waals surface area contributed by atoms with Gasteiger partial charge in [-0.05, 0) is 24.6 Å². The van der Waals surface area contributed by atoms with Gasteiger partial charge in [-0.2, -0.15) is 0 Å². The summed E-state index contributed by atoms with van der Waals surface area (Å²) in [5.74, 6) is 0.554. The van der Waals surface area contributed by atoms with Gasteiger partial charge in [-0.15, -0.1) is 0 Å². The van der Waals surface area contributed by atoms with Gasteiger partial charge in [0.2, 0.25) is 11.6 Å². The van der Waals surface area contributed by atoms with Crippen LogP contribution in [0.4, 0.5) is 0 Å². The molecule has 0 aliphatic carbocycles. The largest absolute Gasteiger partial charge is 0.418 e. The highest BCUT2D eigenvalue weighted by atomic mass is 35.5. The van der Waals surface area contributed by atoms with Gasteiger partial charge >= 0.3 is 0 Å². The minimum atomic E-state index is 0.468. The van der Waals surface area contributed by atoms with Crippen molar-refractivity contribution in [3.05, 3.63) is 47.1 Å². The summed E-state index contributed by atoms with van der Waals surface area (Å²) in [4.78, 5) is 8.49. The molecule has 0 N–H and O–H groups in total. The summed E-state index contributed by atoms with van der Waals surface area (Å²) < 4.78 is 5.61. The van der Waals surface area contributed by atoms with Crippen LogP contribution in [0.1, 0.15) is 5.56 Å². The van der Waals surface area contributed by atoms with Crippen molar-refractivity contribution in [2.24, 2.45) is 0 Å². The van der Waals surface area contributed by atoms with Crippen LogP contribution in [-0.4, -0.2) is 9.97 Å². The molecule has 84 valence electrons. The molecule has 0 amide bonds. The van der Waals surface area contributed by atoms with Crippen molar-refractivity contribution < 1.29 is 4.42 Å². The molecule has 0 saturated carbocycles. The monoisotopic (exact) mass is 244 g/mol. The van der Waals surface area contributed by atoms with Crippen LogP contribution in [0.2, 0.25) is 5.02 Å². The molecule has 0 radical (unpaired) electrons. The van der Waals surface area contributed by atoms with E-state index in [9.17, 15) is 0 Å². The molecule has 1 aromatic carbocycles. The topological polar surface area (TPSA) is 38.9 Å². The maximum Gasteiger partial charge on any atom is 0.248 e. The molecule has 0 aliphatic heterocycles. The van der Waals surface area contributed by atoms with Gasteiger partial charge in [0.05, 0.1) is 5.02 Å². The zero-order valence-electron chi connectivity index (χ0n) is 9.14. The molecule has 3 rings (SSSR count). The first kappa shape index (κ1) is 10.3. The van der Waals surface area contributed by atoms with E-state index in [-0.39, 0.29) is 0 Å². The number of hydrogen-bond acceptors (Lipinski definition) is 3. The quantitative estimate of drug-likeness (QED) is 0.653. The lowest BCUT2D eigenvalue weighted by molar-refractivity contribution is 0.607. The minimum Gasteiger partial charge on any atom is -0.418 e. The van der Waals surface area contributed by atoms with E-state index in [1.54, 1.807) is 12.3 Å². The molecule has 0 saturated heterocycles. The van der Waals surface area contributed by atoms with E-state index < -0.39 is 0 Å². The van der Waals surface area contributed by atoms with E-state index in [4.69, 9.17) is 16.0 Å². The van der Waals surface area contributed by atoms with Gasteiger partial charge in [0.15, 0.2) is 0 Å². The second-order valence-electron chi connectivity index (χ2n) is 3.78. The molecule has 2 heterocycles. The van der Waals surface area contributed by atoms with Crippen molar-refractivity contribution in [2.45, 2.75) is 6.92 Å². The molecule has 2 aromatic heterocycles. The van der Waals surface area contributed by atoms with Crippen LogP contribution in [0.5, 0.6) is 0 Å². The van der Waals surface area contributed by atoms with Crippen molar-refractivity contribution in [2.75, 3.05) is 0 Å².